The molecule has 4 nitrogen and oxygen atoms in total. The second-order valence-electron chi connectivity index (χ2n) is 7.40. The first kappa shape index (κ1) is 19.9. The van der Waals surface area contributed by atoms with Crippen molar-refractivity contribution in [1.82, 2.24) is 5.32 Å². The van der Waals surface area contributed by atoms with Gasteiger partial charge in [0, 0.05) is 28.4 Å². The van der Waals surface area contributed by atoms with Crippen LogP contribution in [0.3, 0.4) is 0 Å². The molecule has 0 aliphatic carbocycles. The molecule has 150 valence electrons. The number of amides is 2. The van der Waals surface area contributed by atoms with E-state index in [1.165, 1.54) is 0 Å². The van der Waals surface area contributed by atoms with Crippen LogP contribution in [0.5, 0.6) is 0 Å². The zero-order valence-corrected chi connectivity index (χ0v) is 17.2. The van der Waals surface area contributed by atoms with Crippen LogP contribution < -0.4 is 10.2 Å². The van der Waals surface area contributed by atoms with Crippen molar-refractivity contribution in [3.05, 3.63) is 113 Å². The molecule has 2 amide bonds. The minimum atomic E-state index is -1.18. The van der Waals surface area contributed by atoms with Gasteiger partial charge in [-0.25, -0.2) is 0 Å². The molecule has 3 aromatic rings. The van der Waals surface area contributed by atoms with Gasteiger partial charge in [0.2, 0.25) is 0 Å². The van der Waals surface area contributed by atoms with Crippen LogP contribution in [0.1, 0.15) is 28.8 Å². The highest BCUT2D eigenvalue weighted by molar-refractivity contribution is 6.30. The molecule has 1 N–H and O–H groups in total. The third kappa shape index (κ3) is 3.74. The van der Waals surface area contributed by atoms with E-state index in [0.29, 0.717) is 10.6 Å². The van der Waals surface area contributed by atoms with E-state index in [0.717, 1.165) is 11.3 Å². The fraction of sp³-hybridized carbons (Fsp3) is 0.120. The number of anilines is 1. The maximum absolute atomic E-state index is 13.7. The minimum Gasteiger partial charge on any atom is -0.337 e. The van der Waals surface area contributed by atoms with Crippen molar-refractivity contribution in [1.29, 1.82) is 0 Å². The van der Waals surface area contributed by atoms with Gasteiger partial charge in [0.25, 0.3) is 11.8 Å². The van der Waals surface area contributed by atoms with Crippen molar-refractivity contribution < 1.29 is 9.59 Å². The number of hydrogen-bond donors (Lipinski definition) is 1. The molecule has 5 heteroatoms. The zero-order chi connectivity index (χ0) is 21.1. The molecular weight excluding hydrogens is 396 g/mol. The van der Waals surface area contributed by atoms with Gasteiger partial charge in [-0.2, -0.15) is 0 Å². The predicted molar refractivity (Wildman–Crippen MR) is 120 cm³/mol. The lowest BCUT2D eigenvalue weighted by atomic mass is 9.77. The summed E-state index contributed by atoms with van der Waals surface area (Å²) in [6, 6.07) is 25.7. The monoisotopic (exact) mass is 416 g/mol. The van der Waals surface area contributed by atoms with Crippen LogP contribution in [-0.2, 0) is 4.79 Å². The Kier molecular flexibility index (Phi) is 5.42. The summed E-state index contributed by atoms with van der Waals surface area (Å²) in [6.07, 6.45) is 3.75. The van der Waals surface area contributed by atoms with Gasteiger partial charge in [0.15, 0.2) is 0 Å². The van der Waals surface area contributed by atoms with Gasteiger partial charge in [-0.1, -0.05) is 66.2 Å². The van der Waals surface area contributed by atoms with Crippen molar-refractivity contribution in [2.45, 2.75) is 18.4 Å². The maximum Gasteiger partial charge on any atom is 0.257 e. The molecule has 30 heavy (non-hydrogen) atoms. The summed E-state index contributed by atoms with van der Waals surface area (Å²) in [6.45, 7) is 1.78. The summed E-state index contributed by atoms with van der Waals surface area (Å²) < 4.78 is 0. The predicted octanol–water partition coefficient (Wildman–Crippen LogP) is 5.17. The molecule has 2 atom stereocenters. The lowest BCUT2D eigenvalue weighted by Crippen LogP contribution is -2.61. The second kappa shape index (κ2) is 8.17. The molecule has 0 bridgehead atoms. The van der Waals surface area contributed by atoms with E-state index in [1.807, 2.05) is 66.7 Å². The van der Waals surface area contributed by atoms with E-state index >= 15 is 0 Å². The first-order valence-corrected chi connectivity index (χ1v) is 10.1. The van der Waals surface area contributed by atoms with Crippen LogP contribution in [-0.4, -0.2) is 17.4 Å². The Hall–Kier alpha value is -3.37. The Morgan fingerprint density at radius 1 is 0.933 bits per heavy atom. The van der Waals surface area contributed by atoms with E-state index in [1.54, 1.807) is 42.3 Å². The summed E-state index contributed by atoms with van der Waals surface area (Å²) in [7, 11) is 0. The fourth-order valence-corrected chi connectivity index (χ4v) is 3.88. The van der Waals surface area contributed by atoms with Gasteiger partial charge in [-0.15, -0.1) is 0 Å². The van der Waals surface area contributed by atoms with Crippen molar-refractivity contribution >= 4 is 29.1 Å². The minimum absolute atomic E-state index is 0.202. The molecule has 1 aliphatic heterocycles. The van der Waals surface area contributed by atoms with E-state index in [-0.39, 0.29) is 17.7 Å². The first-order valence-electron chi connectivity index (χ1n) is 9.69. The summed E-state index contributed by atoms with van der Waals surface area (Å²) in [5.74, 6) is -0.846. The second-order valence-corrected chi connectivity index (χ2v) is 7.84. The highest BCUT2D eigenvalue weighted by Gasteiger charge is 2.47. The summed E-state index contributed by atoms with van der Waals surface area (Å²) in [5, 5.41) is 3.55. The van der Waals surface area contributed by atoms with Crippen LogP contribution in [0.2, 0.25) is 5.02 Å². The Morgan fingerprint density at radius 3 is 2.17 bits per heavy atom. The summed E-state index contributed by atoms with van der Waals surface area (Å²) in [5.41, 5.74) is 0.967. The molecule has 0 radical (unpaired) electrons. The standard InChI is InChI=1S/C25H21ClN2O2/c1-25(27-23(29)19-12-14-20(26)15-13-19)22(18-8-4-2-5-9-18)16-17-28(24(25)30)21-10-6-3-7-11-21/h2-17,22H,1H3,(H,27,29). The summed E-state index contributed by atoms with van der Waals surface area (Å²) in [4.78, 5) is 28.3. The van der Waals surface area contributed by atoms with Crippen molar-refractivity contribution in [2.75, 3.05) is 4.90 Å². The van der Waals surface area contributed by atoms with Crippen molar-refractivity contribution in [2.24, 2.45) is 0 Å². The number of nitrogens with zero attached hydrogens (tertiary/aromatic N) is 1. The van der Waals surface area contributed by atoms with Gasteiger partial charge in [0.05, 0.1) is 0 Å². The number of benzene rings is 3. The van der Waals surface area contributed by atoms with Crippen LogP contribution in [0.15, 0.2) is 97.2 Å². The Bertz CT molecular complexity index is 1080. The van der Waals surface area contributed by atoms with E-state index in [2.05, 4.69) is 5.32 Å². The number of carbonyl (C=O) groups is 2. The van der Waals surface area contributed by atoms with E-state index in [4.69, 9.17) is 11.6 Å². The van der Waals surface area contributed by atoms with Gasteiger partial charge in [0.1, 0.15) is 5.54 Å². The number of para-hydroxylation sites is 1. The molecule has 0 spiro atoms. The maximum atomic E-state index is 13.7. The van der Waals surface area contributed by atoms with Crippen molar-refractivity contribution in [3.8, 4) is 0 Å². The van der Waals surface area contributed by atoms with Gasteiger partial charge < -0.3 is 5.32 Å². The highest BCUT2D eigenvalue weighted by atomic mass is 35.5. The van der Waals surface area contributed by atoms with E-state index in [9.17, 15) is 9.59 Å². The lowest BCUT2D eigenvalue weighted by molar-refractivity contribution is -0.124. The van der Waals surface area contributed by atoms with Crippen LogP contribution in [0, 0.1) is 0 Å². The molecule has 0 fully saturated rings. The highest BCUT2D eigenvalue weighted by Crippen LogP contribution is 2.37. The molecule has 1 aliphatic rings. The smallest absolute Gasteiger partial charge is 0.257 e. The quantitative estimate of drug-likeness (QED) is 0.637. The number of rotatable bonds is 4. The molecule has 0 saturated carbocycles. The molecule has 1 heterocycles. The largest absolute Gasteiger partial charge is 0.337 e. The average molecular weight is 417 g/mol. The molecular formula is C25H21ClN2O2. The third-order valence-corrected chi connectivity index (χ3v) is 5.64. The number of hydrogen-bond acceptors (Lipinski definition) is 2. The fourth-order valence-electron chi connectivity index (χ4n) is 3.75. The lowest BCUT2D eigenvalue weighted by Gasteiger charge is -2.42. The molecule has 4 rings (SSSR count). The summed E-state index contributed by atoms with van der Waals surface area (Å²) >= 11 is 5.95. The molecule has 3 aromatic carbocycles. The average Bonchev–Trinajstić information content (AvgIpc) is 2.77. The Balaban J connectivity index is 1.74. The Labute approximate surface area is 180 Å². The van der Waals surface area contributed by atoms with Crippen LogP contribution in [0.25, 0.3) is 0 Å². The van der Waals surface area contributed by atoms with Crippen molar-refractivity contribution in [3.63, 3.8) is 0 Å². The number of halogens is 1. The molecule has 0 aromatic heterocycles. The molecule has 0 saturated heterocycles. The van der Waals surface area contributed by atoms with Crippen LogP contribution in [0.4, 0.5) is 5.69 Å². The van der Waals surface area contributed by atoms with Gasteiger partial charge in [-0.05, 0) is 48.9 Å². The molecule has 2 unspecified atom stereocenters. The third-order valence-electron chi connectivity index (χ3n) is 5.39. The Morgan fingerprint density at radius 2 is 1.53 bits per heavy atom. The topological polar surface area (TPSA) is 49.4 Å². The van der Waals surface area contributed by atoms with Crippen LogP contribution >= 0.6 is 11.6 Å². The van der Waals surface area contributed by atoms with Gasteiger partial charge in [-0.3, -0.25) is 14.5 Å². The first-order chi connectivity index (χ1) is 14.5. The van der Waals surface area contributed by atoms with Gasteiger partial charge >= 0.3 is 0 Å². The number of carbonyl (C=O) groups excluding carboxylic acids is 2. The SMILES string of the molecule is CC1(NC(=O)c2ccc(Cl)cc2)C(=O)N(c2ccccc2)C=CC1c1ccccc1. The van der Waals surface area contributed by atoms with E-state index < -0.39 is 5.54 Å². The number of nitrogens with one attached hydrogen (secondary N) is 1. The zero-order valence-electron chi connectivity index (χ0n) is 16.5. The normalized spacial score (nSPS) is 20.8.